The zero-order valence-electron chi connectivity index (χ0n) is 14.0. The van der Waals surface area contributed by atoms with Crippen LogP contribution in [-0.4, -0.2) is 18.1 Å². The van der Waals surface area contributed by atoms with Crippen molar-refractivity contribution in [3.05, 3.63) is 52.5 Å². The highest BCUT2D eigenvalue weighted by molar-refractivity contribution is 6.33. The molecule has 0 atom stereocenters. The van der Waals surface area contributed by atoms with Crippen molar-refractivity contribution in [3.63, 3.8) is 0 Å². The third kappa shape index (κ3) is 3.65. The number of halogens is 1. The van der Waals surface area contributed by atoms with Gasteiger partial charge in [0.1, 0.15) is 5.60 Å². The molecule has 5 heteroatoms. The predicted molar refractivity (Wildman–Crippen MR) is 95.2 cm³/mol. The third-order valence-electron chi connectivity index (χ3n) is 3.81. The highest BCUT2D eigenvalue weighted by atomic mass is 35.5. The summed E-state index contributed by atoms with van der Waals surface area (Å²) >= 11 is 6.12. The normalized spacial score (nSPS) is 14.7. The fourth-order valence-corrected chi connectivity index (χ4v) is 3.03. The molecule has 0 radical (unpaired) electrons. The molecule has 2 aromatic carbocycles. The lowest BCUT2D eigenvalue weighted by molar-refractivity contribution is -0.118. The SMILES string of the molecule is Cc1ccc(NC(=O)COc2cccc3c2OC(C)(C)C3)c(Cl)c1. The number of amides is 1. The summed E-state index contributed by atoms with van der Waals surface area (Å²) < 4.78 is 11.6. The van der Waals surface area contributed by atoms with Gasteiger partial charge < -0.3 is 14.8 Å². The monoisotopic (exact) mass is 345 g/mol. The van der Waals surface area contributed by atoms with Gasteiger partial charge in [0.05, 0.1) is 10.7 Å². The highest BCUT2D eigenvalue weighted by Crippen LogP contribution is 2.41. The molecular weight excluding hydrogens is 326 g/mol. The number of carbonyl (C=O) groups is 1. The summed E-state index contributed by atoms with van der Waals surface area (Å²) in [7, 11) is 0. The molecule has 1 aliphatic rings. The third-order valence-corrected chi connectivity index (χ3v) is 4.13. The topological polar surface area (TPSA) is 47.6 Å². The van der Waals surface area contributed by atoms with E-state index in [1.165, 1.54) is 0 Å². The first kappa shape index (κ1) is 16.7. The largest absolute Gasteiger partial charge is 0.483 e. The van der Waals surface area contributed by atoms with Crippen molar-refractivity contribution < 1.29 is 14.3 Å². The molecule has 24 heavy (non-hydrogen) atoms. The van der Waals surface area contributed by atoms with Crippen LogP contribution in [0, 0.1) is 6.92 Å². The molecule has 2 aromatic rings. The van der Waals surface area contributed by atoms with Crippen LogP contribution in [0.3, 0.4) is 0 Å². The van der Waals surface area contributed by atoms with Gasteiger partial charge in [0.15, 0.2) is 18.1 Å². The van der Waals surface area contributed by atoms with Crippen molar-refractivity contribution in [1.29, 1.82) is 0 Å². The van der Waals surface area contributed by atoms with Gasteiger partial charge in [-0.1, -0.05) is 29.8 Å². The van der Waals surface area contributed by atoms with Gasteiger partial charge >= 0.3 is 0 Å². The number of rotatable bonds is 4. The van der Waals surface area contributed by atoms with Crippen molar-refractivity contribution in [2.45, 2.75) is 32.8 Å². The summed E-state index contributed by atoms with van der Waals surface area (Å²) in [6.45, 7) is 5.90. The van der Waals surface area contributed by atoms with Crippen LogP contribution in [0.2, 0.25) is 5.02 Å². The van der Waals surface area contributed by atoms with E-state index in [0.29, 0.717) is 16.5 Å². The molecule has 4 nitrogen and oxygen atoms in total. The van der Waals surface area contributed by atoms with Gasteiger partial charge in [-0.2, -0.15) is 0 Å². The van der Waals surface area contributed by atoms with E-state index in [0.717, 1.165) is 23.3 Å². The Kier molecular flexibility index (Phi) is 4.41. The smallest absolute Gasteiger partial charge is 0.262 e. The number of carbonyl (C=O) groups excluding carboxylic acids is 1. The minimum absolute atomic E-state index is 0.107. The molecule has 0 bridgehead atoms. The Morgan fingerprint density at radius 1 is 1.33 bits per heavy atom. The Morgan fingerprint density at radius 3 is 2.88 bits per heavy atom. The van der Waals surface area contributed by atoms with Crippen molar-refractivity contribution in [1.82, 2.24) is 0 Å². The van der Waals surface area contributed by atoms with E-state index in [1.54, 1.807) is 12.1 Å². The fourth-order valence-electron chi connectivity index (χ4n) is 2.75. The molecule has 0 saturated carbocycles. The maximum absolute atomic E-state index is 12.1. The fraction of sp³-hybridized carbons (Fsp3) is 0.316. The quantitative estimate of drug-likeness (QED) is 0.894. The van der Waals surface area contributed by atoms with Crippen LogP contribution in [0.5, 0.6) is 11.5 Å². The van der Waals surface area contributed by atoms with Crippen LogP contribution in [0.1, 0.15) is 25.0 Å². The van der Waals surface area contributed by atoms with E-state index in [1.807, 2.05) is 45.0 Å². The zero-order chi connectivity index (χ0) is 17.3. The van der Waals surface area contributed by atoms with Crippen molar-refractivity contribution in [3.8, 4) is 11.5 Å². The number of nitrogens with one attached hydrogen (secondary N) is 1. The molecule has 0 spiro atoms. The lowest BCUT2D eigenvalue weighted by Crippen LogP contribution is -2.25. The summed E-state index contributed by atoms with van der Waals surface area (Å²) in [6.07, 6.45) is 0.824. The number of benzene rings is 2. The van der Waals surface area contributed by atoms with Crippen LogP contribution >= 0.6 is 11.6 Å². The molecule has 0 fully saturated rings. The maximum atomic E-state index is 12.1. The van der Waals surface area contributed by atoms with E-state index in [9.17, 15) is 4.79 Å². The van der Waals surface area contributed by atoms with Gasteiger partial charge in [0.25, 0.3) is 5.91 Å². The lowest BCUT2D eigenvalue weighted by Gasteiger charge is -2.18. The highest BCUT2D eigenvalue weighted by Gasteiger charge is 2.32. The van der Waals surface area contributed by atoms with E-state index in [2.05, 4.69) is 5.32 Å². The summed E-state index contributed by atoms with van der Waals surface area (Å²) in [5.41, 5.74) is 2.46. The van der Waals surface area contributed by atoms with E-state index < -0.39 is 0 Å². The first-order valence-electron chi connectivity index (χ1n) is 7.84. The molecule has 1 N–H and O–H groups in total. The van der Waals surface area contributed by atoms with Gasteiger partial charge in [-0.15, -0.1) is 0 Å². The number of ether oxygens (including phenoxy) is 2. The summed E-state index contributed by atoms with van der Waals surface area (Å²) in [6, 6.07) is 11.2. The van der Waals surface area contributed by atoms with Crippen LogP contribution < -0.4 is 14.8 Å². The first-order chi connectivity index (χ1) is 11.3. The summed E-state index contributed by atoms with van der Waals surface area (Å²) in [4.78, 5) is 12.1. The first-order valence-corrected chi connectivity index (χ1v) is 8.21. The molecule has 0 aromatic heterocycles. The maximum Gasteiger partial charge on any atom is 0.262 e. The van der Waals surface area contributed by atoms with Gasteiger partial charge in [-0.25, -0.2) is 0 Å². The molecule has 1 heterocycles. The number of hydrogen-bond donors (Lipinski definition) is 1. The minimum Gasteiger partial charge on any atom is -0.483 e. The molecule has 0 unspecified atom stereocenters. The average Bonchev–Trinajstić information content (AvgIpc) is 2.82. The van der Waals surface area contributed by atoms with E-state index in [-0.39, 0.29) is 18.1 Å². The molecular formula is C19H20ClNO3. The molecule has 0 saturated heterocycles. The van der Waals surface area contributed by atoms with E-state index >= 15 is 0 Å². The predicted octanol–water partition coefficient (Wildman–Crippen LogP) is 4.38. The second-order valence-electron chi connectivity index (χ2n) is 6.60. The number of anilines is 1. The second-order valence-corrected chi connectivity index (χ2v) is 7.01. The molecule has 1 amide bonds. The number of fused-ring (bicyclic) bond motifs is 1. The van der Waals surface area contributed by atoms with Crippen LogP contribution in [0.4, 0.5) is 5.69 Å². The number of aryl methyl sites for hydroxylation is 1. The van der Waals surface area contributed by atoms with Gasteiger partial charge in [0.2, 0.25) is 0 Å². The van der Waals surface area contributed by atoms with E-state index in [4.69, 9.17) is 21.1 Å². The van der Waals surface area contributed by atoms with Gasteiger partial charge in [0, 0.05) is 12.0 Å². The Labute approximate surface area is 146 Å². The Morgan fingerprint density at radius 2 is 2.12 bits per heavy atom. The molecule has 1 aliphatic heterocycles. The van der Waals surface area contributed by atoms with Crippen molar-refractivity contribution >= 4 is 23.2 Å². The average molecular weight is 346 g/mol. The molecule has 126 valence electrons. The Bertz CT molecular complexity index is 786. The second kappa shape index (κ2) is 6.36. The standard InChI is InChI=1S/C19H20ClNO3/c1-12-7-8-15(14(20)9-12)21-17(22)11-23-16-6-4-5-13-10-19(2,3)24-18(13)16/h4-9H,10-11H2,1-3H3,(H,21,22). The van der Waals surface area contributed by atoms with Crippen LogP contribution in [-0.2, 0) is 11.2 Å². The summed E-state index contributed by atoms with van der Waals surface area (Å²) in [5, 5.41) is 3.26. The van der Waals surface area contributed by atoms with Crippen LogP contribution in [0.25, 0.3) is 0 Å². The van der Waals surface area contributed by atoms with Gasteiger partial charge in [-0.3, -0.25) is 4.79 Å². The number of hydrogen-bond acceptors (Lipinski definition) is 3. The summed E-state index contributed by atoms with van der Waals surface area (Å²) in [5.74, 6) is 1.04. The number of para-hydroxylation sites is 1. The van der Waals surface area contributed by atoms with Crippen LogP contribution in [0.15, 0.2) is 36.4 Å². The molecule has 3 rings (SSSR count). The Balaban J connectivity index is 1.65. The molecule has 0 aliphatic carbocycles. The Hall–Kier alpha value is -2.20. The minimum atomic E-state index is -0.268. The van der Waals surface area contributed by atoms with Gasteiger partial charge in [-0.05, 0) is 44.5 Å². The lowest BCUT2D eigenvalue weighted by atomic mass is 10.0. The van der Waals surface area contributed by atoms with Crippen molar-refractivity contribution in [2.75, 3.05) is 11.9 Å². The zero-order valence-corrected chi connectivity index (χ0v) is 14.7. The van der Waals surface area contributed by atoms with Crippen molar-refractivity contribution in [2.24, 2.45) is 0 Å².